The molecule has 0 aliphatic carbocycles. The van der Waals surface area contributed by atoms with Crippen LogP contribution in [0.4, 0.5) is 5.13 Å². The number of rotatable bonds is 5. The monoisotopic (exact) mass is 460 g/mol. The minimum Gasteiger partial charge on any atom is -0.298 e. The molecule has 30 heavy (non-hydrogen) atoms. The highest BCUT2D eigenvalue weighted by molar-refractivity contribution is 7.89. The highest BCUT2D eigenvalue weighted by atomic mass is 32.2. The zero-order valence-electron chi connectivity index (χ0n) is 16.8. The molecule has 0 bridgehead atoms. The molecule has 0 radical (unpaired) electrons. The van der Waals surface area contributed by atoms with Crippen LogP contribution in [0, 0.1) is 6.92 Å². The number of aromatic nitrogens is 2. The molecule has 0 saturated carbocycles. The minimum atomic E-state index is -3.59. The van der Waals surface area contributed by atoms with Crippen LogP contribution in [0.15, 0.2) is 41.3 Å². The van der Waals surface area contributed by atoms with Gasteiger partial charge in [0, 0.05) is 18.7 Å². The van der Waals surface area contributed by atoms with Crippen molar-refractivity contribution in [2.75, 3.05) is 12.4 Å². The number of hydrogen-bond acceptors (Lipinski definition) is 7. The fraction of sp³-hybridized carbons (Fsp3) is 0.250. The number of hydrogen-bond donors (Lipinski definition) is 1. The highest BCUT2D eigenvalue weighted by Crippen LogP contribution is 2.35. The first-order valence-electron chi connectivity index (χ1n) is 9.23. The quantitative estimate of drug-likeness (QED) is 0.474. The molecule has 0 atom stereocenters. The zero-order valence-corrected chi connectivity index (χ0v) is 19.3. The van der Waals surface area contributed by atoms with Gasteiger partial charge in [0.1, 0.15) is 0 Å². The van der Waals surface area contributed by atoms with Crippen LogP contribution in [0.5, 0.6) is 0 Å². The SMILES string of the molecule is Cc1nc2ccc3nc(NC(=O)c4ccc(S(=O)(=O)N(C)C(C)C)cc4)sc3c2s1. The number of sulfonamides is 1. The summed E-state index contributed by atoms with van der Waals surface area (Å²) in [7, 11) is -2.05. The van der Waals surface area contributed by atoms with Crippen molar-refractivity contribution in [3.05, 3.63) is 47.0 Å². The number of carbonyl (C=O) groups excluding carboxylic acids is 1. The second-order valence-electron chi connectivity index (χ2n) is 7.11. The van der Waals surface area contributed by atoms with Gasteiger partial charge in [-0.3, -0.25) is 10.1 Å². The van der Waals surface area contributed by atoms with Crippen LogP contribution in [-0.4, -0.2) is 41.7 Å². The molecule has 7 nitrogen and oxygen atoms in total. The Labute approximate surface area is 182 Å². The molecule has 2 aromatic carbocycles. The Morgan fingerprint density at radius 1 is 1.00 bits per heavy atom. The summed E-state index contributed by atoms with van der Waals surface area (Å²) >= 11 is 3.01. The lowest BCUT2D eigenvalue weighted by atomic mass is 10.2. The van der Waals surface area contributed by atoms with Gasteiger partial charge in [-0.2, -0.15) is 4.31 Å². The summed E-state index contributed by atoms with van der Waals surface area (Å²) in [4.78, 5) is 21.8. The maximum Gasteiger partial charge on any atom is 0.257 e. The van der Waals surface area contributed by atoms with E-state index in [4.69, 9.17) is 0 Å². The van der Waals surface area contributed by atoms with E-state index in [9.17, 15) is 13.2 Å². The molecule has 4 aromatic rings. The maximum absolute atomic E-state index is 12.6. The molecule has 2 aromatic heterocycles. The van der Waals surface area contributed by atoms with Gasteiger partial charge in [-0.05, 0) is 57.2 Å². The number of carbonyl (C=O) groups is 1. The Morgan fingerprint density at radius 2 is 1.60 bits per heavy atom. The molecule has 0 spiro atoms. The zero-order chi connectivity index (χ0) is 21.6. The molecule has 156 valence electrons. The third-order valence-corrected chi connectivity index (χ3v) is 8.95. The molecular weight excluding hydrogens is 440 g/mol. The van der Waals surface area contributed by atoms with Crippen LogP contribution >= 0.6 is 22.7 Å². The number of amides is 1. The standard InChI is InChI=1S/C20H20N4O3S3/c1-11(2)24(4)30(26,27)14-7-5-13(6-8-14)19(25)23-20-22-16-10-9-15-17(18(16)29-20)28-12(3)21-15/h5-11H,1-4H3,(H,22,23,25). The van der Waals surface area contributed by atoms with Crippen LogP contribution in [0.3, 0.4) is 0 Å². The van der Waals surface area contributed by atoms with Crippen molar-refractivity contribution in [2.24, 2.45) is 0 Å². The number of thiazole rings is 2. The van der Waals surface area contributed by atoms with E-state index in [1.54, 1.807) is 25.2 Å². The number of aryl methyl sites for hydroxylation is 1. The van der Waals surface area contributed by atoms with Crippen molar-refractivity contribution in [3.8, 4) is 0 Å². The summed E-state index contributed by atoms with van der Waals surface area (Å²) in [6.45, 7) is 5.57. The van der Waals surface area contributed by atoms with Crippen molar-refractivity contribution < 1.29 is 13.2 Å². The molecule has 10 heteroatoms. The van der Waals surface area contributed by atoms with E-state index in [2.05, 4.69) is 15.3 Å². The Hall–Kier alpha value is -2.40. The molecule has 0 fully saturated rings. The van der Waals surface area contributed by atoms with Gasteiger partial charge in [0.15, 0.2) is 5.13 Å². The van der Waals surface area contributed by atoms with E-state index < -0.39 is 10.0 Å². The molecular formula is C20H20N4O3S3. The van der Waals surface area contributed by atoms with Crippen molar-refractivity contribution in [3.63, 3.8) is 0 Å². The second kappa shape index (κ2) is 7.69. The lowest BCUT2D eigenvalue weighted by molar-refractivity contribution is 0.102. The maximum atomic E-state index is 12.6. The van der Waals surface area contributed by atoms with E-state index in [1.807, 2.05) is 19.1 Å². The number of nitrogens with zero attached hydrogens (tertiary/aromatic N) is 3. The molecule has 2 heterocycles. The molecule has 1 amide bonds. The first kappa shape index (κ1) is 20.9. The predicted molar refractivity (Wildman–Crippen MR) is 122 cm³/mol. The van der Waals surface area contributed by atoms with Gasteiger partial charge in [-0.15, -0.1) is 11.3 Å². The van der Waals surface area contributed by atoms with Gasteiger partial charge in [0.05, 0.1) is 30.3 Å². The van der Waals surface area contributed by atoms with E-state index >= 15 is 0 Å². The first-order chi connectivity index (χ1) is 14.2. The Bertz CT molecular complexity index is 1360. The summed E-state index contributed by atoms with van der Waals surface area (Å²) < 4.78 is 28.5. The van der Waals surface area contributed by atoms with Crippen LogP contribution in [0.2, 0.25) is 0 Å². The summed E-state index contributed by atoms with van der Waals surface area (Å²) in [5, 5.41) is 4.28. The lowest BCUT2D eigenvalue weighted by Gasteiger charge is -2.20. The number of anilines is 1. The van der Waals surface area contributed by atoms with Gasteiger partial charge in [-0.25, -0.2) is 18.4 Å². The lowest BCUT2D eigenvalue weighted by Crippen LogP contribution is -2.33. The Kier molecular flexibility index (Phi) is 5.35. The summed E-state index contributed by atoms with van der Waals surface area (Å²) in [5.41, 5.74) is 2.10. The average Bonchev–Trinajstić information content (AvgIpc) is 3.29. The summed E-state index contributed by atoms with van der Waals surface area (Å²) in [6, 6.07) is 9.58. The second-order valence-corrected chi connectivity index (χ2v) is 11.3. The largest absolute Gasteiger partial charge is 0.298 e. The normalized spacial score (nSPS) is 12.3. The van der Waals surface area contributed by atoms with E-state index in [0.29, 0.717) is 10.7 Å². The number of fused-ring (bicyclic) bond motifs is 3. The van der Waals surface area contributed by atoms with Gasteiger partial charge in [-0.1, -0.05) is 11.3 Å². The van der Waals surface area contributed by atoms with Gasteiger partial charge in [0.2, 0.25) is 10.0 Å². The van der Waals surface area contributed by atoms with Crippen LogP contribution in [0.25, 0.3) is 20.4 Å². The van der Waals surface area contributed by atoms with Crippen LogP contribution in [0.1, 0.15) is 29.2 Å². The van der Waals surface area contributed by atoms with E-state index in [-0.39, 0.29) is 16.8 Å². The molecule has 4 rings (SSSR count). The van der Waals surface area contributed by atoms with Gasteiger partial charge < -0.3 is 0 Å². The Balaban J connectivity index is 1.57. The van der Waals surface area contributed by atoms with Gasteiger partial charge in [0.25, 0.3) is 5.91 Å². The smallest absolute Gasteiger partial charge is 0.257 e. The molecule has 0 aliphatic heterocycles. The predicted octanol–water partition coefficient (Wildman–Crippen LogP) is 4.50. The van der Waals surface area contributed by atoms with Crippen LogP contribution < -0.4 is 5.32 Å². The van der Waals surface area contributed by atoms with Crippen LogP contribution in [-0.2, 0) is 10.0 Å². The molecule has 0 aliphatic rings. The van der Waals surface area contributed by atoms with Crippen molar-refractivity contribution >= 4 is 64.2 Å². The molecule has 0 saturated heterocycles. The van der Waals surface area contributed by atoms with Crippen molar-refractivity contribution in [1.82, 2.24) is 14.3 Å². The minimum absolute atomic E-state index is 0.151. The van der Waals surface area contributed by atoms with E-state index in [1.165, 1.54) is 47.0 Å². The topological polar surface area (TPSA) is 92.3 Å². The van der Waals surface area contributed by atoms with Gasteiger partial charge >= 0.3 is 0 Å². The van der Waals surface area contributed by atoms with Crippen molar-refractivity contribution in [2.45, 2.75) is 31.7 Å². The fourth-order valence-electron chi connectivity index (χ4n) is 2.93. The highest BCUT2D eigenvalue weighted by Gasteiger charge is 2.23. The third-order valence-electron chi connectivity index (χ3n) is 4.76. The van der Waals surface area contributed by atoms with E-state index in [0.717, 1.165) is 25.4 Å². The first-order valence-corrected chi connectivity index (χ1v) is 12.3. The Morgan fingerprint density at radius 3 is 2.23 bits per heavy atom. The fourth-order valence-corrected chi connectivity index (χ4v) is 6.30. The number of nitrogens with one attached hydrogen (secondary N) is 1. The summed E-state index contributed by atoms with van der Waals surface area (Å²) in [5.74, 6) is -0.341. The molecule has 1 N–H and O–H groups in total. The third kappa shape index (κ3) is 3.71. The number of benzene rings is 2. The summed E-state index contributed by atoms with van der Waals surface area (Å²) in [6.07, 6.45) is 0. The molecule has 0 unspecified atom stereocenters. The average molecular weight is 461 g/mol. The van der Waals surface area contributed by atoms with Crippen molar-refractivity contribution in [1.29, 1.82) is 0 Å².